The zero-order valence-corrected chi connectivity index (χ0v) is 9.54. The van der Waals surface area contributed by atoms with Gasteiger partial charge in [-0.2, -0.15) is 0 Å². The average molecular weight is 238 g/mol. The molecular formula is C13H15FO3. The molecule has 1 saturated carbocycles. The molecule has 1 aliphatic heterocycles. The third-order valence-electron chi connectivity index (χ3n) is 3.29. The van der Waals surface area contributed by atoms with Gasteiger partial charge in [0.05, 0.1) is 18.8 Å². The average Bonchev–Trinajstić information content (AvgIpc) is 3.06. The van der Waals surface area contributed by atoms with E-state index in [0.717, 1.165) is 19.3 Å². The Morgan fingerprint density at radius 3 is 2.76 bits per heavy atom. The minimum atomic E-state index is -0.731. The molecule has 17 heavy (non-hydrogen) atoms. The van der Waals surface area contributed by atoms with Gasteiger partial charge < -0.3 is 14.6 Å². The van der Waals surface area contributed by atoms with Crippen LogP contribution in [0, 0.1) is 5.82 Å². The lowest BCUT2D eigenvalue weighted by atomic mass is 10.0. The quantitative estimate of drug-likeness (QED) is 0.857. The molecule has 3 rings (SSSR count). The lowest BCUT2D eigenvalue weighted by molar-refractivity contribution is 0.148. The number of hydrogen-bond donors (Lipinski definition) is 1. The summed E-state index contributed by atoms with van der Waals surface area (Å²) in [6.45, 7) is 1.12. The van der Waals surface area contributed by atoms with Crippen LogP contribution in [-0.4, -0.2) is 23.9 Å². The fourth-order valence-corrected chi connectivity index (χ4v) is 2.08. The van der Waals surface area contributed by atoms with Crippen LogP contribution in [0.3, 0.4) is 0 Å². The van der Waals surface area contributed by atoms with Gasteiger partial charge in [-0.25, -0.2) is 4.39 Å². The maximum absolute atomic E-state index is 13.8. The topological polar surface area (TPSA) is 38.7 Å². The highest BCUT2D eigenvalue weighted by Crippen LogP contribution is 2.43. The summed E-state index contributed by atoms with van der Waals surface area (Å²) >= 11 is 0. The Morgan fingerprint density at radius 2 is 2.00 bits per heavy atom. The van der Waals surface area contributed by atoms with Crippen LogP contribution in [0.2, 0.25) is 0 Å². The van der Waals surface area contributed by atoms with Crippen molar-refractivity contribution in [2.45, 2.75) is 31.3 Å². The van der Waals surface area contributed by atoms with E-state index in [0.29, 0.717) is 36.7 Å². The van der Waals surface area contributed by atoms with E-state index in [-0.39, 0.29) is 5.82 Å². The van der Waals surface area contributed by atoms with Crippen molar-refractivity contribution in [1.82, 2.24) is 0 Å². The summed E-state index contributed by atoms with van der Waals surface area (Å²) in [7, 11) is 0. The van der Waals surface area contributed by atoms with Crippen molar-refractivity contribution in [2.24, 2.45) is 0 Å². The lowest BCUT2D eigenvalue weighted by Gasteiger charge is -2.15. The van der Waals surface area contributed by atoms with Crippen LogP contribution in [0.4, 0.5) is 4.39 Å². The number of ether oxygens (including phenoxy) is 2. The van der Waals surface area contributed by atoms with Gasteiger partial charge in [0.1, 0.15) is 5.82 Å². The fraction of sp³-hybridized carbons (Fsp3) is 0.538. The molecular weight excluding hydrogens is 223 g/mol. The van der Waals surface area contributed by atoms with Crippen LogP contribution in [0.25, 0.3) is 0 Å². The molecule has 0 amide bonds. The van der Waals surface area contributed by atoms with E-state index in [4.69, 9.17) is 9.47 Å². The summed E-state index contributed by atoms with van der Waals surface area (Å²) in [4.78, 5) is 0. The van der Waals surface area contributed by atoms with E-state index in [1.165, 1.54) is 6.07 Å². The van der Waals surface area contributed by atoms with Gasteiger partial charge in [0.15, 0.2) is 11.5 Å². The molecule has 4 heteroatoms. The molecule has 0 bridgehead atoms. The number of hydrogen-bond acceptors (Lipinski definition) is 3. The Morgan fingerprint density at radius 1 is 1.24 bits per heavy atom. The van der Waals surface area contributed by atoms with Crippen molar-refractivity contribution in [3.05, 3.63) is 23.5 Å². The van der Waals surface area contributed by atoms with Crippen molar-refractivity contribution in [3.8, 4) is 11.5 Å². The van der Waals surface area contributed by atoms with Crippen molar-refractivity contribution in [3.63, 3.8) is 0 Å². The molecule has 1 fully saturated rings. The molecule has 0 saturated heterocycles. The highest BCUT2D eigenvalue weighted by molar-refractivity contribution is 5.48. The minimum Gasteiger partial charge on any atom is -0.490 e. The predicted molar refractivity (Wildman–Crippen MR) is 59.9 cm³/mol. The minimum absolute atomic E-state index is 0.311. The first-order chi connectivity index (χ1) is 8.18. The lowest BCUT2D eigenvalue weighted by Crippen LogP contribution is -2.13. The van der Waals surface area contributed by atoms with E-state index in [1.54, 1.807) is 6.07 Å². The van der Waals surface area contributed by atoms with Crippen molar-refractivity contribution in [2.75, 3.05) is 13.2 Å². The molecule has 0 unspecified atom stereocenters. The smallest absolute Gasteiger partial charge is 0.167 e. The zero-order chi connectivity index (χ0) is 11.9. The molecule has 1 heterocycles. The molecule has 3 nitrogen and oxygen atoms in total. The van der Waals surface area contributed by atoms with E-state index >= 15 is 0 Å². The van der Waals surface area contributed by atoms with Crippen LogP contribution in [0.15, 0.2) is 12.1 Å². The van der Waals surface area contributed by atoms with Crippen LogP contribution < -0.4 is 9.47 Å². The van der Waals surface area contributed by atoms with Gasteiger partial charge in [-0.3, -0.25) is 0 Å². The largest absolute Gasteiger partial charge is 0.490 e. The predicted octanol–water partition coefficient (Wildman–Crippen LogP) is 2.05. The molecule has 0 atom stereocenters. The van der Waals surface area contributed by atoms with Crippen LogP contribution in [-0.2, 0) is 6.42 Å². The summed E-state index contributed by atoms with van der Waals surface area (Å²) in [6.07, 6.45) is 2.57. The van der Waals surface area contributed by atoms with Crippen molar-refractivity contribution < 1.29 is 19.0 Å². The van der Waals surface area contributed by atoms with E-state index in [1.807, 2.05) is 0 Å². The Labute approximate surface area is 99.2 Å². The molecule has 0 spiro atoms. The highest BCUT2D eigenvalue weighted by Gasteiger charge is 2.42. The number of halogens is 1. The first-order valence-corrected chi connectivity index (χ1v) is 5.97. The Kier molecular flexibility index (Phi) is 2.47. The number of benzene rings is 1. The third-order valence-corrected chi connectivity index (χ3v) is 3.29. The zero-order valence-electron chi connectivity index (χ0n) is 9.54. The second-order valence-corrected chi connectivity index (χ2v) is 4.80. The maximum Gasteiger partial charge on any atom is 0.167 e. The molecule has 1 aromatic rings. The fourth-order valence-electron chi connectivity index (χ4n) is 2.08. The standard InChI is InChI=1S/C13H15FO3/c14-10-2-3-11-12(17-7-1-6-16-11)9(10)8-13(15)4-5-13/h2-3,15H,1,4-8H2. The molecule has 0 radical (unpaired) electrons. The Bertz CT molecular complexity index is 441. The summed E-state index contributed by atoms with van der Waals surface area (Å²) in [5.74, 6) is 0.737. The Hall–Kier alpha value is -1.29. The van der Waals surface area contributed by atoms with Crippen molar-refractivity contribution >= 4 is 0 Å². The van der Waals surface area contributed by atoms with Gasteiger partial charge in [-0.15, -0.1) is 0 Å². The highest BCUT2D eigenvalue weighted by atomic mass is 19.1. The SMILES string of the molecule is OC1(Cc2c(F)ccc3c2OCCCO3)CC1. The number of rotatable bonds is 2. The van der Waals surface area contributed by atoms with Gasteiger partial charge in [0, 0.05) is 18.4 Å². The van der Waals surface area contributed by atoms with E-state index in [9.17, 15) is 9.50 Å². The van der Waals surface area contributed by atoms with Gasteiger partial charge in [-0.05, 0) is 25.0 Å². The summed E-state index contributed by atoms with van der Waals surface area (Å²) in [6, 6.07) is 2.98. The molecule has 1 aromatic carbocycles. The number of aliphatic hydroxyl groups is 1. The second-order valence-electron chi connectivity index (χ2n) is 4.80. The molecule has 0 aromatic heterocycles. The number of fused-ring (bicyclic) bond motifs is 1. The van der Waals surface area contributed by atoms with E-state index < -0.39 is 5.60 Å². The van der Waals surface area contributed by atoms with Crippen LogP contribution in [0.5, 0.6) is 11.5 Å². The van der Waals surface area contributed by atoms with Crippen LogP contribution in [0.1, 0.15) is 24.8 Å². The maximum atomic E-state index is 13.8. The summed E-state index contributed by atoms with van der Waals surface area (Å²) < 4.78 is 24.9. The van der Waals surface area contributed by atoms with Crippen LogP contribution >= 0.6 is 0 Å². The molecule has 92 valence electrons. The van der Waals surface area contributed by atoms with E-state index in [2.05, 4.69) is 0 Å². The summed E-state index contributed by atoms with van der Waals surface area (Å²) in [5, 5.41) is 9.92. The van der Waals surface area contributed by atoms with Crippen molar-refractivity contribution in [1.29, 1.82) is 0 Å². The third kappa shape index (κ3) is 2.09. The summed E-state index contributed by atoms with van der Waals surface area (Å²) in [5.41, 5.74) is -0.282. The monoisotopic (exact) mass is 238 g/mol. The van der Waals surface area contributed by atoms with Gasteiger partial charge in [-0.1, -0.05) is 0 Å². The normalized spacial score (nSPS) is 20.8. The second kappa shape index (κ2) is 3.88. The Balaban J connectivity index is 1.99. The molecule has 2 aliphatic rings. The van der Waals surface area contributed by atoms with Gasteiger partial charge in [0.25, 0.3) is 0 Å². The van der Waals surface area contributed by atoms with Gasteiger partial charge in [0.2, 0.25) is 0 Å². The molecule has 1 N–H and O–H groups in total. The molecule has 1 aliphatic carbocycles. The first kappa shape index (κ1) is 10.8. The first-order valence-electron chi connectivity index (χ1n) is 5.97. The van der Waals surface area contributed by atoms with Gasteiger partial charge >= 0.3 is 0 Å².